The van der Waals surface area contributed by atoms with Crippen molar-refractivity contribution in [3.63, 3.8) is 0 Å². The van der Waals surface area contributed by atoms with Crippen LogP contribution in [-0.2, 0) is 4.79 Å². The van der Waals surface area contributed by atoms with Gasteiger partial charge in [-0.1, -0.05) is 35.9 Å². The fourth-order valence-electron chi connectivity index (χ4n) is 1.99. The number of amides is 1. The number of anilines is 1. The summed E-state index contributed by atoms with van der Waals surface area (Å²) in [6.07, 6.45) is 2.83. The normalized spacial score (nSPS) is 10.5. The van der Waals surface area contributed by atoms with E-state index in [1.54, 1.807) is 36.4 Å². The van der Waals surface area contributed by atoms with E-state index in [-0.39, 0.29) is 11.3 Å². The molecular weight excluding hydrogens is 318 g/mol. The van der Waals surface area contributed by atoms with Crippen LogP contribution in [0.2, 0.25) is 5.02 Å². The highest BCUT2D eigenvalue weighted by molar-refractivity contribution is 6.32. The summed E-state index contributed by atoms with van der Waals surface area (Å²) in [5, 5.41) is 12.1. The number of methoxy groups -OCH3 is 1. The Hall–Kier alpha value is -2.79. The lowest BCUT2D eigenvalue weighted by atomic mass is 10.1. The van der Waals surface area contributed by atoms with E-state index >= 15 is 0 Å². The van der Waals surface area contributed by atoms with Crippen molar-refractivity contribution < 1.29 is 19.4 Å². The van der Waals surface area contributed by atoms with Crippen molar-refractivity contribution >= 4 is 35.2 Å². The van der Waals surface area contributed by atoms with Gasteiger partial charge in [0.25, 0.3) is 0 Å². The second-order valence-corrected chi connectivity index (χ2v) is 4.94. The first-order chi connectivity index (χ1) is 11.0. The van der Waals surface area contributed by atoms with Crippen LogP contribution in [-0.4, -0.2) is 24.1 Å². The predicted octanol–water partition coefficient (Wildman–Crippen LogP) is 3.70. The van der Waals surface area contributed by atoms with Gasteiger partial charge in [0.05, 0.1) is 23.4 Å². The molecule has 5 nitrogen and oxygen atoms in total. The summed E-state index contributed by atoms with van der Waals surface area (Å²) in [7, 11) is 1.49. The number of carbonyl (C=O) groups excluding carboxylic acids is 1. The van der Waals surface area contributed by atoms with E-state index in [1.807, 2.05) is 0 Å². The van der Waals surface area contributed by atoms with Crippen molar-refractivity contribution in [2.24, 2.45) is 0 Å². The molecule has 0 radical (unpaired) electrons. The summed E-state index contributed by atoms with van der Waals surface area (Å²) in [6, 6.07) is 11.3. The molecule has 0 unspecified atom stereocenters. The third-order valence-corrected chi connectivity index (χ3v) is 3.33. The third kappa shape index (κ3) is 4.11. The second-order valence-electron chi connectivity index (χ2n) is 4.54. The molecule has 0 fully saturated rings. The first-order valence-electron chi connectivity index (χ1n) is 6.67. The molecule has 0 saturated heterocycles. The summed E-state index contributed by atoms with van der Waals surface area (Å²) in [4.78, 5) is 23.1. The number of para-hydroxylation sites is 2. The molecule has 0 aliphatic carbocycles. The highest BCUT2D eigenvalue weighted by atomic mass is 35.5. The Kier molecular flexibility index (Phi) is 5.38. The number of carboxylic acids is 1. The quantitative estimate of drug-likeness (QED) is 0.819. The number of ether oxygens (including phenoxy) is 1. The van der Waals surface area contributed by atoms with Crippen molar-refractivity contribution in [1.82, 2.24) is 0 Å². The molecule has 0 aliphatic rings. The molecule has 2 aromatic rings. The van der Waals surface area contributed by atoms with Crippen LogP contribution in [0.4, 0.5) is 5.69 Å². The van der Waals surface area contributed by atoms with Gasteiger partial charge >= 0.3 is 5.97 Å². The zero-order chi connectivity index (χ0) is 16.8. The molecule has 0 spiro atoms. The summed E-state index contributed by atoms with van der Waals surface area (Å²) in [5.74, 6) is -1.11. The molecule has 0 bridgehead atoms. The number of benzene rings is 2. The van der Waals surface area contributed by atoms with E-state index in [4.69, 9.17) is 21.4 Å². The minimum absolute atomic E-state index is 0.0228. The Balaban J connectivity index is 2.18. The largest absolute Gasteiger partial charge is 0.495 e. The maximum absolute atomic E-state index is 12.0. The molecule has 0 heterocycles. The van der Waals surface area contributed by atoms with E-state index < -0.39 is 11.9 Å². The lowest BCUT2D eigenvalue weighted by Crippen LogP contribution is -2.11. The predicted molar refractivity (Wildman–Crippen MR) is 89.1 cm³/mol. The van der Waals surface area contributed by atoms with Gasteiger partial charge in [0, 0.05) is 11.6 Å². The lowest BCUT2D eigenvalue weighted by molar-refractivity contribution is -0.111. The van der Waals surface area contributed by atoms with Crippen molar-refractivity contribution in [3.8, 4) is 5.75 Å². The monoisotopic (exact) mass is 331 g/mol. The van der Waals surface area contributed by atoms with Gasteiger partial charge < -0.3 is 15.2 Å². The van der Waals surface area contributed by atoms with Gasteiger partial charge in [-0.2, -0.15) is 0 Å². The third-order valence-electron chi connectivity index (χ3n) is 3.03. The molecule has 2 aromatic carbocycles. The average Bonchev–Trinajstić information content (AvgIpc) is 2.53. The van der Waals surface area contributed by atoms with Crippen LogP contribution in [0.5, 0.6) is 5.75 Å². The van der Waals surface area contributed by atoms with Crippen LogP contribution < -0.4 is 10.1 Å². The number of nitrogens with one attached hydrogen (secondary N) is 1. The molecule has 118 valence electrons. The maximum atomic E-state index is 12.0. The molecule has 0 aromatic heterocycles. The highest BCUT2D eigenvalue weighted by Crippen LogP contribution is 2.29. The molecule has 23 heavy (non-hydrogen) atoms. The smallest absolute Gasteiger partial charge is 0.337 e. The number of carboxylic acid groups (broad SMARTS) is 1. The molecule has 1 amide bonds. The topological polar surface area (TPSA) is 75.6 Å². The summed E-state index contributed by atoms with van der Waals surface area (Å²) in [5.41, 5.74) is 0.893. The van der Waals surface area contributed by atoms with Crippen molar-refractivity contribution in [2.75, 3.05) is 12.4 Å². The molecule has 0 atom stereocenters. The standard InChI is InChI=1S/C17H14ClNO4/c1-23-16-11(5-4-7-13(16)18)9-10-15(20)19-14-8-3-2-6-12(14)17(21)22/h2-10H,1H3,(H,19,20)(H,21,22)/b10-9+. The van der Waals surface area contributed by atoms with Crippen LogP contribution in [0.25, 0.3) is 6.08 Å². The van der Waals surface area contributed by atoms with E-state index in [2.05, 4.69) is 5.32 Å². The number of halogens is 1. The Morgan fingerprint density at radius 3 is 2.61 bits per heavy atom. The van der Waals surface area contributed by atoms with Gasteiger partial charge in [-0.05, 0) is 24.3 Å². The molecule has 0 saturated carbocycles. The van der Waals surface area contributed by atoms with E-state index in [9.17, 15) is 9.59 Å². The fourth-order valence-corrected chi connectivity index (χ4v) is 2.25. The average molecular weight is 332 g/mol. The van der Waals surface area contributed by atoms with Gasteiger partial charge in [0.15, 0.2) is 0 Å². The number of hydrogen-bond acceptors (Lipinski definition) is 3. The van der Waals surface area contributed by atoms with Gasteiger partial charge in [0.1, 0.15) is 5.75 Å². The van der Waals surface area contributed by atoms with Crippen LogP contribution in [0, 0.1) is 0 Å². The van der Waals surface area contributed by atoms with Gasteiger partial charge in [0.2, 0.25) is 5.91 Å². The van der Waals surface area contributed by atoms with Crippen molar-refractivity contribution in [3.05, 3.63) is 64.7 Å². The fraction of sp³-hybridized carbons (Fsp3) is 0.0588. The maximum Gasteiger partial charge on any atom is 0.337 e. The zero-order valence-electron chi connectivity index (χ0n) is 12.2. The number of aromatic carboxylic acids is 1. The minimum atomic E-state index is -1.11. The van der Waals surface area contributed by atoms with Crippen LogP contribution >= 0.6 is 11.6 Å². The molecule has 2 rings (SSSR count). The van der Waals surface area contributed by atoms with Gasteiger partial charge in [-0.25, -0.2) is 4.79 Å². The van der Waals surface area contributed by atoms with E-state index in [0.717, 1.165) is 0 Å². The highest BCUT2D eigenvalue weighted by Gasteiger charge is 2.10. The Labute approximate surface area is 138 Å². The Morgan fingerprint density at radius 1 is 1.17 bits per heavy atom. The van der Waals surface area contributed by atoms with Gasteiger partial charge in [-0.15, -0.1) is 0 Å². The number of rotatable bonds is 5. The molecule has 2 N–H and O–H groups in total. The van der Waals surface area contributed by atoms with Crippen LogP contribution in [0.3, 0.4) is 0 Å². The molecule has 6 heteroatoms. The van der Waals surface area contributed by atoms with Gasteiger partial charge in [-0.3, -0.25) is 4.79 Å². The summed E-state index contributed by atoms with van der Waals surface area (Å²) >= 11 is 6.01. The van der Waals surface area contributed by atoms with Crippen LogP contribution in [0.1, 0.15) is 15.9 Å². The zero-order valence-corrected chi connectivity index (χ0v) is 13.0. The Bertz CT molecular complexity index is 771. The first kappa shape index (κ1) is 16.6. The summed E-state index contributed by atoms with van der Waals surface area (Å²) in [6.45, 7) is 0. The second kappa shape index (κ2) is 7.47. The Morgan fingerprint density at radius 2 is 1.91 bits per heavy atom. The number of carbonyl (C=O) groups is 2. The van der Waals surface area contributed by atoms with E-state index in [0.29, 0.717) is 16.3 Å². The molecular formula is C17H14ClNO4. The molecule has 0 aliphatic heterocycles. The number of hydrogen-bond donors (Lipinski definition) is 2. The van der Waals surface area contributed by atoms with Crippen molar-refractivity contribution in [2.45, 2.75) is 0 Å². The minimum Gasteiger partial charge on any atom is -0.495 e. The first-order valence-corrected chi connectivity index (χ1v) is 7.04. The SMILES string of the molecule is COc1c(Cl)cccc1/C=C/C(=O)Nc1ccccc1C(=O)O. The summed E-state index contributed by atoms with van der Waals surface area (Å²) < 4.78 is 5.18. The van der Waals surface area contributed by atoms with Crippen LogP contribution in [0.15, 0.2) is 48.5 Å². The van der Waals surface area contributed by atoms with Crippen molar-refractivity contribution in [1.29, 1.82) is 0 Å². The van der Waals surface area contributed by atoms with E-state index in [1.165, 1.54) is 25.3 Å². The lowest BCUT2D eigenvalue weighted by Gasteiger charge is -2.07.